The maximum absolute atomic E-state index is 5.91. The summed E-state index contributed by atoms with van der Waals surface area (Å²) in [6.45, 7) is 2.38. The second-order valence-corrected chi connectivity index (χ2v) is 6.20. The Labute approximate surface area is 129 Å². The van der Waals surface area contributed by atoms with Gasteiger partial charge in [0.25, 0.3) is 0 Å². The number of benzene rings is 1. The number of hydrogen-bond acceptors (Lipinski definition) is 4. The molecular weight excluding hydrogens is 292 g/mol. The SMILES string of the molecule is CN(C)CCOc1cccc(NCc2cc(Cl)cs2)c1. The van der Waals surface area contributed by atoms with Gasteiger partial charge in [-0.05, 0) is 32.3 Å². The number of rotatable bonds is 7. The molecule has 2 rings (SSSR count). The summed E-state index contributed by atoms with van der Waals surface area (Å²) in [5.74, 6) is 0.890. The van der Waals surface area contributed by atoms with Crippen LogP contribution in [0.4, 0.5) is 5.69 Å². The van der Waals surface area contributed by atoms with Gasteiger partial charge in [0.05, 0.1) is 5.02 Å². The lowest BCUT2D eigenvalue weighted by Gasteiger charge is -2.12. The first-order chi connectivity index (χ1) is 9.63. The van der Waals surface area contributed by atoms with E-state index in [0.717, 1.165) is 29.5 Å². The van der Waals surface area contributed by atoms with Crippen LogP contribution in [0.3, 0.4) is 0 Å². The van der Waals surface area contributed by atoms with E-state index in [4.69, 9.17) is 16.3 Å². The molecule has 0 amide bonds. The molecule has 20 heavy (non-hydrogen) atoms. The number of anilines is 1. The van der Waals surface area contributed by atoms with Crippen LogP contribution in [0.5, 0.6) is 5.75 Å². The van der Waals surface area contributed by atoms with Gasteiger partial charge in [-0.3, -0.25) is 0 Å². The van der Waals surface area contributed by atoms with Crippen LogP contribution in [-0.2, 0) is 6.54 Å². The minimum atomic E-state index is 0.691. The van der Waals surface area contributed by atoms with E-state index in [9.17, 15) is 0 Å². The van der Waals surface area contributed by atoms with Crippen molar-refractivity contribution in [2.75, 3.05) is 32.6 Å². The van der Waals surface area contributed by atoms with E-state index in [1.807, 2.05) is 49.8 Å². The summed E-state index contributed by atoms with van der Waals surface area (Å²) in [5, 5.41) is 6.12. The summed E-state index contributed by atoms with van der Waals surface area (Å²) < 4.78 is 5.71. The highest BCUT2D eigenvalue weighted by molar-refractivity contribution is 7.10. The molecule has 0 radical (unpaired) electrons. The van der Waals surface area contributed by atoms with Gasteiger partial charge in [0, 0.05) is 35.1 Å². The van der Waals surface area contributed by atoms with Crippen LogP contribution >= 0.6 is 22.9 Å². The first-order valence-corrected chi connectivity index (χ1v) is 7.73. The lowest BCUT2D eigenvalue weighted by molar-refractivity contribution is 0.261. The zero-order valence-corrected chi connectivity index (χ0v) is 13.3. The van der Waals surface area contributed by atoms with Crippen molar-refractivity contribution in [1.29, 1.82) is 0 Å². The smallest absolute Gasteiger partial charge is 0.121 e. The van der Waals surface area contributed by atoms with Crippen molar-refractivity contribution in [2.24, 2.45) is 0 Å². The summed E-state index contributed by atoms with van der Waals surface area (Å²) in [7, 11) is 4.07. The van der Waals surface area contributed by atoms with Gasteiger partial charge < -0.3 is 15.0 Å². The number of nitrogens with zero attached hydrogens (tertiary/aromatic N) is 1. The third-order valence-electron chi connectivity index (χ3n) is 2.73. The van der Waals surface area contributed by atoms with Gasteiger partial charge in [-0.15, -0.1) is 11.3 Å². The lowest BCUT2D eigenvalue weighted by Crippen LogP contribution is -2.19. The van der Waals surface area contributed by atoms with Crippen LogP contribution in [0.2, 0.25) is 5.02 Å². The van der Waals surface area contributed by atoms with E-state index in [1.165, 1.54) is 4.88 Å². The first kappa shape index (κ1) is 15.2. The van der Waals surface area contributed by atoms with E-state index < -0.39 is 0 Å². The molecule has 0 unspecified atom stereocenters. The average Bonchev–Trinajstić information content (AvgIpc) is 2.82. The Bertz CT molecular complexity index is 542. The van der Waals surface area contributed by atoms with Crippen molar-refractivity contribution in [2.45, 2.75) is 6.54 Å². The number of halogens is 1. The normalized spacial score (nSPS) is 10.8. The molecule has 0 aliphatic heterocycles. The van der Waals surface area contributed by atoms with Gasteiger partial charge in [0.2, 0.25) is 0 Å². The second-order valence-electron chi connectivity index (χ2n) is 4.76. The monoisotopic (exact) mass is 310 g/mol. The number of ether oxygens (including phenoxy) is 1. The maximum atomic E-state index is 5.91. The van der Waals surface area contributed by atoms with E-state index >= 15 is 0 Å². The fourth-order valence-electron chi connectivity index (χ4n) is 1.68. The molecule has 1 aromatic heterocycles. The van der Waals surface area contributed by atoms with Gasteiger partial charge in [0.15, 0.2) is 0 Å². The molecule has 1 N–H and O–H groups in total. The highest BCUT2D eigenvalue weighted by atomic mass is 35.5. The molecule has 0 aliphatic carbocycles. The first-order valence-electron chi connectivity index (χ1n) is 6.48. The fraction of sp³-hybridized carbons (Fsp3) is 0.333. The lowest BCUT2D eigenvalue weighted by atomic mass is 10.3. The van der Waals surface area contributed by atoms with Crippen molar-refractivity contribution < 1.29 is 4.74 Å². The quantitative estimate of drug-likeness (QED) is 0.838. The Balaban J connectivity index is 1.85. The topological polar surface area (TPSA) is 24.5 Å². The van der Waals surface area contributed by atoms with Crippen molar-refractivity contribution in [1.82, 2.24) is 4.90 Å². The Morgan fingerprint density at radius 1 is 1.30 bits per heavy atom. The maximum Gasteiger partial charge on any atom is 0.121 e. The van der Waals surface area contributed by atoms with Crippen molar-refractivity contribution in [3.8, 4) is 5.75 Å². The molecule has 1 heterocycles. The Morgan fingerprint density at radius 3 is 2.85 bits per heavy atom. The highest BCUT2D eigenvalue weighted by Crippen LogP contribution is 2.22. The predicted octanol–water partition coefficient (Wildman–Crippen LogP) is 3.95. The van der Waals surface area contributed by atoms with Gasteiger partial charge in [0.1, 0.15) is 12.4 Å². The zero-order valence-electron chi connectivity index (χ0n) is 11.7. The molecule has 5 heteroatoms. The van der Waals surface area contributed by atoms with Crippen LogP contribution in [-0.4, -0.2) is 32.1 Å². The van der Waals surface area contributed by atoms with E-state index in [0.29, 0.717) is 6.61 Å². The summed E-state index contributed by atoms with van der Waals surface area (Å²) in [6.07, 6.45) is 0. The molecule has 0 fully saturated rings. The molecule has 3 nitrogen and oxygen atoms in total. The van der Waals surface area contributed by atoms with E-state index in [2.05, 4.69) is 10.2 Å². The Morgan fingerprint density at radius 2 is 2.15 bits per heavy atom. The number of hydrogen-bond donors (Lipinski definition) is 1. The summed E-state index contributed by atoms with van der Waals surface area (Å²) in [4.78, 5) is 3.32. The summed E-state index contributed by atoms with van der Waals surface area (Å²) in [6, 6.07) is 10.0. The van der Waals surface area contributed by atoms with Gasteiger partial charge in [-0.25, -0.2) is 0 Å². The minimum Gasteiger partial charge on any atom is -0.492 e. The van der Waals surface area contributed by atoms with Crippen molar-refractivity contribution >= 4 is 28.6 Å². The summed E-state index contributed by atoms with van der Waals surface area (Å²) >= 11 is 7.57. The van der Waals surface area contributed by atoms with E-state index in [1.54, 1.807) is 11.3 Å². The fourth-order valence-corrected chi connectivity index (χ4v) is 2.69. The largest absolute Gasteiger partial charge is 0.492 e. The third kappa shape index (κ3) is 5.04. The molecule has 0 bridgehead atoms. The molecule has 0 spiro atoms. The second kappa shape index (κ2) is 7.53. The predicted molar refractivity (Wildman–Crippen MR) is 87.1 cm³/mol. The molecule has 0 aliphatic rings. The van der Waals surface area contributed by atoms with Crippen LogP contribution in [0, 0.1) is 0 Å². The molecule has 2 aromatic rings. The minimum absolute atomic E-state index is 0.691. The number of likely N-dealkylation sites (N-methyl/N-ethyl adjacent to an activating group) is 1. The van der Waals surface area contributed by atoms with Crippen LogP contribution in [0.1, 0.15) is 4.88 Å². The van der Waals surface area contributed by atoms with Crippen molar-refractivity contribution in [3.63, 3.8) is 0 Å². The van der Waals surface area contributed by atoms with Crippen molar-refractivity contribution in [3.05, 3.63) is 45.6 Å². The van der Waals surface area contributed by atoms with Gasteiger partial charge >= 0.3 is 0 Å². The number of thiophene rings is 1. The molecular formula is C15H19ClN2OS. The Kier molecular flexibility index (Phi) is 5.71. The number of nitrogens with one attached hydrogen (secondary N) is 1. The van der Waals surface area contributed by atoms with E-state index in [-0.39, 0.29) is 0 Å². The average molecular weight is 311 g/mol. The Hall–Kier alpha value is -1.23. The standard InChI is InChI=1S/C15H19ClN2OS/c1-18(2)6-7-19-14-5-3-4-13(9-14)17-10-15-8-12(16)11-20-15/h3-5,8-9,11,17H,6-7,10H2,1-2H3. The van der Waals surface area contributed by atoms with Crippen LogP contribution in [0.15, 0.2) is 35.7 Å². The third-order valence-corrected chi connectivity index (χ3v) is 4.01. The van der Waals surface area contributed by atoms with Crippen LogP contribution < -0.4 is 10.1 Å². The van der Waals surface area contributed by atoms with Gasteiger partial charge in [-0.1, -0.05) is 17.7 Å². The highest BCUT2D eigenvalue weighted by Gasteiger charge is 2.00. The van der Waals surface area contributed by atoms with Crippen LogP contribution in [0.25, 0.3) is 0 Å². The molecule has 0 atom stereocenters. The molecule has 108 valence electrons. The van der Waals surface area contributed by atoms with Gasteiger partial charge in [-0.2, -0.15) is 0 Å². The molecule has 1 aromatic carbocycles. The summed E-state index contributed by atoms with van der Waals surface area (Å²) in [5.41, 5.74) is 1.05. The zero-order chi connectivity index (χ0) is 14.4. The molecule has 0 saturated carbocycles. The molecule has 0 saturated heterocycles.